The summed E-state index contributed by atoms with van der Waals surface area (Å²) in [6, 6.07) is 0.751. The molecule has 0 saturated carbocycles. The standard InChI is InChI=1S/C9H17ClN2/c1-2-11-3-4-12-6-8(10)5-9(12)7-11/h8-9H,2-7H2,1H3. The molecule has 2 heterocycles. The van der Waals surface area contributed by atoms with Crippen LogP contribution in [0.2, 0.25) is 0 Å². The van der Waals surface area contributed by atoms with E-state index in [-0.39, 0.29) is 0 Å². The number of halogens is 1. The Balaban J connectivity index is 1.93. The molecule has 2 unspecified atom stereocenters. The van der Waals surface area contributed by atoms with Crippen molar-refractivity contribution < 1.29 is 0 Å². The molecule has 2 fully saturated rings. The SMILES string of the molecule is CCN1CCN2CC(Cl)CC2C1. The number of fused-ring (bicyclic) bond motifs is 1. The van der Waals surface area contributed by atoms with Crippen LogP contribution in [0.1, 0.15) is 13.3 Å². The second kappa shape index (κ2) is 3.52. The Kier molecular flexibility index (Phi) is 2.58. The Labute approximate surface area is 79.5 Å². The smallest absolute Gasteiger partial charge is 0.0478 e. The Bertz CT molecular complexity index is 163. The lowest BCUT2D eigenvalue weighted by Crippen LogP contribution is -2.49. The van der Waals surface area contributed by atoms with Gasteiger partial charge in [-0.05, 0) is 13.0 Å². The zero-order valence-corrected chi connectivity index (χ0v) is 8.43. The van der Waals surface area contributed by atoms with Crippen molar-refractivity contribution in [3.8, 4) is 0 Å². The third kappa shape index (κ3) is 1.61. The summed E-state index contributed by atoms with van der Waals surface area (Å²) >= 11 is 6.12. The summed E-state index contributed by atoms with van der Waals surface area (Å²) in [5, 5.41) is 0.409. The molecule has 70 valence electrons. The van der Waals surface area contributed by atoms with Crippen LogP contribution >= 0.6 is 11.6 Å². The van der Waals surface area contributed by atoms with Gasteiger partial charge in [0.25, 0.3) is 0 Å². The molecule has 0 bridgehead atoms. The van der Waals surface area contributed by atoms with E-state index in [4.69, 9.17) is 11.6 Å². The third-order valence-electron chi connectivity index (χ3n) is 3.10. The highest BCUT2D eigenvalue weighted by Gasteiger charge is 2.34. The zero-order valence-electron chi connectivity index (χ0n) is 7.67. The lowest BCUT2D eigenvalue weighted by Gasteiger charge is -2.36. The van der Waals surface area contributed by atoms with Crippen molar-refractivity contribution in [2.24, 2.45) is 0 Å². The topological polar surface area (TPSA) is 6.48 Å². The van der Waals surface area contributed by atoms with E-state index in [9.17, 15) is 0 Å². The van der Waals surface area contributed by atoms with Crippen LogP contribution < -0.4 is 0 Å². The number of hydrogen-bond donors (Lipinski definition) is 0. The molecule has 0 spiro atoms. The molecule has 2 nitrogen and oxygen atoms in total. The van der Waals surface area contributed by atoms with E-state index < -0.39 is 0 Å². The minimum atomic E-state index is 0.409. The van der Waals surface area contributed by atoms with Gasteiger partial charge in [0, 0.05) is 37.6 Å². The molecule has 2 atom stereocenters. The number of hydrogen-bond acceptors (Lipinski definition) is 2. The minimum Gasteiger partial charge on any atom is -0.301 e. The van der Waals surface area contributed by atoms with Crippen LogP contribution in [0.3, 0.4) is 0 Å². The van der Waals surface area contributed by atoms with Crippen LogP contribution in [-0.4, -0.2) is 53.9 Å². The van der Waals surface area contributed by atoms with Gasteiger partial charge in [0.05, 0.1) is 0 Å². The van der Waals surface area contributed by atoms with Crippen LogP contribution in [0.5, 0.6) is 0 Å². The highest BCUT2D eigenvalue weighted by Crippen LogP contribution is 2.24. The number of nitrogens with zero attached hydrogens (tertiary/aromatic N) is 2. The molecular weight excluding hydrogens is 172 g/mol. The van der Waals surface area contributed by atoms with Crippen LogP contribution in [0, 0.1) is 0 Å². The first kappa shape index (κ1) is 8.79. The number of rotatable bonds is 1. The molecule has 0 radical (unpaired) electrons. The third-order valence-corrected chi connectivity index (χ3v) is 3.41. The summed E-state index contributed by atoms with van der Waals surface area (Å²) in [4.78, 5) is 5.07. The first-order chi connectivity index (χ1) is 5.79. The van der Waals surface area contributed by atoms with Crippen molar-refractivity contribution in [1.82, 2.24) is 9.80 Å². The van der Waals surface area contributed by atoms with Crippen LogP contribution in [-0.2, 0) is 0 Å². The molecule has 2 aliphatic heterocycles. The summed E-state index contributed by atoms with van der Waals surface area (Å²) in [6.45, 7) is 8.24. The first-order valence-corrected chi connectivity index (χ1v) is 5.33. The first-order valence-electron chi connectivity index (χ1n) is 4.90. The minimum absolute atomic E-state index is 0.409. The lowest BCUT2D eigenvalue weighted by atomic mass is 10.1. The van der Waals surface area contributed by atoms with Gasteiger partial charge < -0.3 is 4.90 Å². The van der Waals surface area contributed by atoms with Gasteiger partial charge in [-0.1, -0.05) is 6.92 Å². The van der Waals surface area contributed by atoms with Gasteiger partial charge >= 0.3 is 0 Å². The molecule has 0 aromatic heterocycles. The molecule has 2 rings (SSSR count). The van der Waals surface area contributed by atoms with Gasteiger partial charge in [-0.25, -0.2) is 0 Å². The summed E-state index contributed by atoms with van der Waals surface area (Å²) < 4.78 is 0. The lowest BCUT2D eigenvalue weighted by molar-refractivity contribution is 0.109. The average molecular weight is 189 g/mol. The fraction of sp³-hybridized carbons (Fsp3) is 1.00. The summed E-state index contributed by atoms with van der Waals surface area (Å²) in [5.74, 6) is 0. The Morgan fingerprint density at radius 3 is 2.92 bits per heavy atom. The molecule has 0 N–H and O–H groups in total. The predicted octanol–water partition coefficient (Wildman–Crippen LogP) is 1.00. The monoisotopic (exact) mass is 188 g/mol. The molecular formula is C9H17ClN2. The molecule has 0 aromatic carbocycles. The summed E-state index contributed by atoms with van der Waals surface area (Å²) in [7, 11) is 0. The quantitative estimate of drug-likeness (QED) is 0.567. The Morgan fingerprint density at radius 1 is 1.33 bits per heavy atom. The molecule has 0 aliphatic carbocycles. The average Bonchev–Trinajstić information content (AvgIpc) is 2.43. The number of likely N-dealkylation sites (N-methyl/N-ethyl adjacent to an activating group) is 1. The van der Waals surface area contributed by atoms with E-state index in [1.165, 1.54) is 32.6 Å². The predicted molar refractivity (Wildman–Crippen MR) is 51.7 cm³/mol. The van der Waals surface area contributed by atoms with Gasteiger partial charge in [-0.3, -0.25) is 4.90 Å². The number of alkyl halides is 1. The van der Waals surface area contributed by atoms with E-state index in [1.807, 2.05) is 0 Å². The normalized spacial score (nSPS) is 38.5. The fourth-order valence-electron chi connectivity index (χ4n) is 2.33. The van der Waals surface area contributed by atoms with E-state index in [0.29, 0.717) is 5.38 Å². The van der Waals surface area contributed by atoms with Crippen molar-refractivity contribution in [2.45, 2.75) is 24.8 Å². The maximum absolute atomic E-state index is 6.12. The maximum Gasteiger partial charge on any atom is 0.0478 e. The van der Waals surface area contributed by atoms with Crippen molar-refractivity contribution in [2.75, 3.05) is 32.7 Å². The zero-order chi connectivity index (χ0) is 8.55. The highest BCUT2D eigenvalue weighted by atomic mass is 35.5. The van der Waals surface area contributed by atoms with Crippen LogP contribution in [0.25, 0.3) is 0 Å². The Morgan fingerprint density at radius 2 is 2.17 bits per heavy atom. The van der Waals surface area contributed by atoms with E-state index in [0.717, 1.165) is 12.6 Å². The van der Waals surface area contributed by atoms with E-state index >= 15 is 0 Å². The molecule has 2 saturated heterocycles. The van der Waals surface area contributed by atoms with E-state index in [1.54, 1.807) is 0 Å². The second-order valence-electron chi connectivity index (χ2n) is 3.87. The van der Waals surface area contributed by atoms with Crippen molar-refractivity contribution in [1.29, 1.82) is 0 Å². The van der Waals surface area contributed by atoms with Crippen molar-refractivity contribution in [3.05, 3.63) is 0 Å². The van der Waals surface area contributed by atoms with Gasteiger partial charge in [-0.2, -0.15) is 0 Å². The Hall–Kier alpha value is 0.210. The summed E-state index contributed by atoms with van der Waals surface area (Å²) in [5.41, 5.74) is 0. The van der Waals surface area contributed by atoms with E-state index in [2.05, 4.69) is 16.7 Å². The number of piperazine rings is 1. The second-order valence-corrected chi connectivity index (χ2v) is 4.49. The molecule has 3 heteroatoms. The van der Waals surface area contributed by atoms with Gasteiger partial charge in [0.15, 0.2) is 0 Å². The van der Waals surface area contributed by atoms with Gasteiger partial charge in [-0.15, -0.1) is 11.6 Å². The van der Waals surface area contributed by atoms with Crippen molar-refractivity contribution in [3.63, 3.8) is 0 Å². The van der Waals surface area contributed by atoms with Gasteiger partial charge in [0.1, 0.15) is 0 Å². The molecule has 0 aromatic rings. The molecule has 12 heavy (non-hydrogen) atoms. The highest BCUT2D eigenvalue weighted by molar-refractivity contribution is 6.21. The fourth-order valence-corrected chi connectivity index (χ4v) is 2.72. The maximum atomic E-state index is 6.12. The summed E-state index contributed by atoms with van der Waals surface area (Å²) in [6.07, 6.45) is 1.19. The molecule has 2 aliphatic rings. The largest absolute Gasteiger partial charge is 0.301 e. The van der Waals surface area contributed by atoms with Crippen molar-refractivity contribution >= 4 is 11.6 Å². The van der Waals surface area contributed by atoms with Gasteiger partial charge in [0.2, 0.25) is 0 Å². The molecule has 0 amide bonds. The van der Waals surface area contributed by atoms with Crippen LogP contribution in [0.15, 0.2) is 0 Å². The van der Waals surface area contributed by atoms with Crippen LogP contribution in [0.4, 0.5) is 0 Å².